The predicted molar refractivity (Wildman–Crippen MR) is 274 cm³/mol. The van der Waals surface area contributed by atoms with Gasteiger partial charge in [-0.2, -0.15) is 9.10 Å². The Balaban J connectivity index is 1.55. The average Bonchev–Trinajstić information content (AvgIpc) is 3.79. The number of piperazine rings is 1. The van der Waals surface area contributed by atoms with Gasteiger partial charge in [-0.1, -0.05) is 57.2 Å². The second-order valence-electron chi connectivity index (χ2n) is 19.7. The standard InChI is InChI=1S/C49H69N9O10S2Si/c1-48(2,3)67-47(59)51-30-41(68-71(10,11)49(4,5)6)31-52-69(60,61)43-25-24-42(56-28-26-50-27-29-56)44(46-53-55-58(54-46)34-37-16-22-40(66-9)23-17-37)45(43)70(62,63)57(32-35-12-18-38(64-7)19-13-35)33-36-14-20-39(65-8)21-15-36/h12-25,41,50,52H,26-34H2,1-11H3,(H,51,59)/t41-/m1/s1. The second kappa shape index (κ2) is 22.9. The van der Waals surface area contributed by atoms with Crippen molar-refractivity contribution in [2.24, 2.45) is 0 Å². The maximum Gasteiger partial charge on any atom is 0.407 e. The van der Waals surface area contributed by atoms with E-state index in [4.69, 9.17) is 28.5 Å². The zero-order chi connectivity index (χ0) is 51.8. The summed E-state index contributed by atoms with van der Waals surface area (Å²) < 4.78 is 95.1. The predicted octanol–water partition coefficient (Wildman–Crippen LogP) is 6.41. The van der Waals surface area contributed by atoms with E-state index in [1.807, 2.05) is 50.9 Å². The Morgan fingerprint density at radius 2 is 1.28 bits per heavy atom. The first kappa shape index (κ1) is 54.7. The summed E-state index contributed by atoms with van der Waals surface area (Å²) in [7, 11) is -7.61. The Morgan fingerprint density at radius 3 is 1.77 bits per heavy atom. The largest absolute Gasteiger partial charge is 0.497 e. The SMILES string of the molecule is COc1ccc(CN(Cc2ccc(OC)cc2)S(=O)(=O)c2c(S(=O)(=O)NC[C@@H](CNC(=O)OC(C)(C)C)O[Si](C)(C)C(C)(C)C)ccc(N3CCNCC3)c2-c2nnn(Cc3ccc(OC)cc3)n2)cc1. The van der Waals surface area contributed by atoms with Crippen molar-refractivity contribution in [2.75, 3.05) is 65.5 Å². The molecule has 1 aromatic heterocycles. The molecule has 1 aliphatic rings. The van der Waals surface area contributed by atoms with E-state index in [1.165, 1.54) is 15.2 Å². The molecule has 6 rings (SSSR count). The number of amides is 1. The van der Waals surface area contributed by atoms with Gasteiger partial charge >= 0.3 is 6.09 Å². The topological polar surface area (TPSA) is 218 Å². The van der Waals surface area contributed by atoms with Crippen LogP contribution in [0.25, 0.3) is 11.4 Å². The van der Waals surface area contributed by atoms with Gasteiger partial charge in [-0.25, -0.2) is 26.4 Å². The molecule has 0 bridgehead atoms. The molecule has 19 nitrogen and oxygen atoms in total. The zero-order valence-electron chi connectivity index (χ0n) is 42.6. The number of ether oxygens (including phenoxy) is 4. The number of tetrazole rings is 1. The molecule has 1 amide bonds. The maximum absolute atomic E-state index is 16.1. The summed E-state index contributed by atoms with van der Waals surface area (Å²) in [5, 5.41) is 19.4. The first-order valence-electron chi connectivity index (χ1n) is 23.4. The Bertz CT molecular complexity index is 2740. The van der Waals surface area contributed by atoms with Gasteiger partial charge in [0.15, 0.2) is 8.32 Å². The number of alkyl carbamates (subject to hydrolysis) is 1. The summed E-state index contributed by atoms with van der Waals surface area (Å²) in [5.74, 6) is 1.71. The lowest BCUT2D eigenvalue weighted by atomic mass is 10.1. The highest BCUT2D eigenvalue weighted by molar-refractivity contribution is 7.92. The van der Waals surface area contributed by atoms with E-state index >= 15 is 16.8 Å². The first-order valence-corrected chi connectivity index (χ1v) is 29.2. The highest BCUT2D eigenvalue weighted by Crippen LogP contribution is 2.42. The number of nitrogens with zero attached hydrogens (tertiary/aromatic N) is 6. The Kier molecular flexibility index (Phi) is 17.6. The van der Waals surface area contributed by atoms with E-state index in [1.54, 1.807) is 109 Å². The number of benzene rings is 4. The van der Waals surface area contributed by atoms with Crippen molar-refractivity contribution in [2.45, 2.75) is 101 Å². The minimum absolute atomic E-state index is 0.0362. The minimum atomic E-state index is -4.88. The molecule has 0 saturated carbocycles. The second-order valence-corrected chi connectivity index (χ2v) is 28.1. The Labute approximate surface area is 419 Å². The molecule has 2 heterocycles. The molecular weight excluding hydrogens is 967 g/mol. The number of carbonyl (C=O) groups excluding carboxylic acids is 1. The molecule has 1 atom stereocenters. The number of nitrogens with one attached hydrogen (secondary N) is 3. The number of carbonyl (C=O) groups is 1. The van der Waals surface area contributed by atoms with Gasteiger partial charge in [0.25, 0.3) is 0 Å². The van der Waals surface area contributed by atoms with E-state index in [0.717, 1.165) is 5.56 Å². The quantitative estimate of drug-likeness (QED) is 0.0677. The Hall–Kier alpha value is -5.62. The molecule has 71 heavy (non-hydrogen) atoms. The molecule has 3 N–H and O–H groups in total. The lowest BCUT2D eigenvalue weighted by Crippen LogP contribution is -2.51. The number of rotatable bonds is 21. The zero-order valence-corrected chi connectivity index (χ0v) is 45.2. The molecule has 1 saturated heterocycles. The summed E-state index contributed by atoms with van der Waals surface area (Å²) in [6.07, 6.45) is -1.59. The highest BCUT2D eigenvalue weighted by atomic mass is 32.2. The lowest BCUT2D eigenvalue weighted by Gasteiger charge is -2.39. The van der Waals surface area contributed by atoms with Crippen molar-refractivity contribution in [1.29, 1.82) is 0 Å². The van der Waals surface area contributed by atoms with Crippen LogP contribution in [0.2, 0.25) is 18.1 Å². The molecule has 0 radical (unpaired) electrons. The molecular formula is C49H69N9O10S2Si. The molecule has 5 aromatic rings. The van der Waals surface area contributed by atoms with Gasteiger partial charge in [-0.15, -0.1) is 10.2 Å². The molecule has 1 aliphatic heterocycles. The van der Waals surface area contributed by atoms with Crippen molar-refractivity contribution in [3.63, 3.8) is 0 Å². The summed E-state index contributed by atoms with van der Waals surface area (Å²) in [6, 6.07) is 24.2. The molecule has 0 aliphatic carbocycles. The number of anilines is 1. The number of hydrogen-bond acceptors (Lipinski definition) is 15. The van der Waals surface area contributed by atoms with Crippen molar-refractivity contribution in [3.8, 4) is 28.6 Å². The van der Waals surface area contributed by atoms with Gasteiger partial charge in [0.2, 0.25) is 25.9 Å². The van der Waals surface area contributed by atoms with E-state index < -0.39 is 56.0 Å². The number of hydrogen-bond donors (Lipinski definition) is 3. The summed E-state index contributed by atoms with van der Waals surface area (Å²) in [6.45, 7) is 16.9. The maximum atomic E-state index is 16.1. The highest BCUT2D eigenvalue weighted by Gasteiger charge is 2.41. The normalized spacial score (nSPS) is 14.3. The van der Waals surface area contributed by atoms with Gasteiger partial charge in [-0.05, 0) is 109 Å². The van der Waals surface area contributed by atoms with E-state index in [2.05, 4.69) is 25.7 Å². The Morgan fingerprint density at radius 1 is 0.761 bits per heavy atom. The molecule has 1 fully saturated rings. The lowest BCUT2D eigenvalue weighted by molar-refractivity contribution is 0.0498. The van der Waals surface area contributed by atoms with Crippen molar-refractivity contribution >= 4 is 40.1 Å². The van der Waals surface area contributed by atoms with Crippen LogP contribution in [-0.2, 0) is 48.8 Å². The van der Waals surface area contributed by atoms with Gasteiger partial charge in [0.1, 0.15) is 32.6 Å². The van der Waals surface area contributed by atoms with Crippen LogP contribution in [0.1, 0.15) is 58.2 Å². The van der Waals surface area contributed by atoms with Gasteiger partial charge in [0.05, 0.1) is 39.5 Å². The first-order chi connectivity index (χ1) is 33.4. The molecule has 386 valence electrons. The van der Waals surface area contributed by atoms with Crippen LogP contribution in [0.5, 0.6) is 17.2 Å². The fourth-order valence-corrected chi connectivity index (χ4v) is 12.3. The third-order valence-electron chi connectivity index (χ3n) is 12.3. The van der Waals surface area contributed by atoms with Gasteiger partial charge in [0, 0.05) is 58.0 Å². The molecule has 4 aromatic carbocycles. The van der Waals surface area contributed by atoms with Crippen LogP contribution < -0.4 is 34.5 Å². The van der Waals surface area contributed by atoms with Gasteiger partial charge < -0.3 is 38.9 Å². The number of aromatic nitrogens is 4. The van der Waals surface area contributed by atoms with E-state index in [-0.39, 0.29) is 49.1 Å². The van der Waals surface area contributed by atoms with Crippen LogP contribution in [0, 0.1) is 0 Å². The van der Waals surface area contributed by atoms with Crippen molar-refractivity contribution < 1.29 is 45.0 Å². The van der Waals surface area contributed by atoms with Crippen LogP contribution in [0.15, 0.2) is 94.7 Å². The molecule has 22 heteroatoms. The third kappa shape index (κ3) is 14.3. The summed E-state index contributed by atoms with van der Waals surface area (Å²) in [5.41, 5.74) is 1.61. The van der Waals surface area contributed by atoms with E-state index in [0.29, 0.717) is 60.2 Å². The molecule has 0 spiro atoms. The number of sulfonamides is 2. The van der Waals surface area contributed by atoms with Crippen LogP contribution >= 0.6 is 0 Å². The summed E-state index contributed by atoms with van der Waals surface area (Å²) in [4.78, 5) is 15.2. The van der Waals surface area contributed by atoms with Crippen molar-refractivity contribution in [3.05, 3.63) is 102 Å². The molecule has 0 unspecified atom stereocenters. The van der Waals surface area contributed by atoms with Gasteiger partial charge in [-0.3, -0.25) is 0 Å². The smallest absolute Gasteiger partial charge is 0.407 e. The van der Waals surface area contributed by atoms with Crippen LogP contribution in [0.3, 0.4) is 0 Å². The fourth-order valence-electron chi connectivity index (χ4n) is 7.48. The minimum Gasteiger partial charge on any atom is -0.497 e. The third-order valence-corrected chi connectivity index (χ3v) is 20.3. The number of methoxy groups -OCH3 is 3. The van der Waals surface area contributed by atoms with Crippen molar-refractivity contribution in [1.82, 2.24) is 39.9 Å². The fraction of sp³-hybridized carbons (Fsp3) is 0.469. The van der Waals surface area contributed by atoms with E-state index in [9.17, 15) is 4.79 Å². The van der Waals surface area contributed by atoms with Crippen LogP contribution in [0.4, 0.5) is 10.5 Å². The summed E-state index contributed by atoms with van der Waals surface area (Å²) >= 11 is 0. The van der Waals surface area contributed by atoms with Crippen LogP contribution in [-0.4, -0.2) is 128 Å². The average molecular weight is 1040 g/mol. The monoisotopic (exact) mass is 1040 g/mol.